The fraction of sp³-hybridized carbons (Fsp3) is 0.500. The minimum Gasteiger partial charge on any atom is -0.311 e. The third-order valence-corrected chi connectivity index (χ3v) is 4.45. The van der Waals surface area contributed by atoms with E-state index in [4.69, 9.17) is 0 Å². The summed E-state index contributed by atoms with van der Waals surface area (Å²) in [6.45, 7) is 4.38. The zero-order chi connectivity index (χ0) is 14.5. The fourth-order valence-electron chi connectivity index (χ4n) is 3.33. The molecule has 0 spiro atoms. The molecule has 1 saturated carbocycles. The number of hydrogen-bond donors (Lipinski definition) is 1. The van der Waals surface area contributed by atoms with Crippen molar-refractivity contribution < 1.29 is 0 Å². The SMILES string of the molecule is CC1CCCC(CNCc2ccn(-c3ccccc3)n2)C1. The van der Waals surface area contributed by atoms with Gasteiger partial charge in [-0.1, -0.05) is 38.0 Å². The van der Waals surface area contributed by atoms with E-state index in [1.165, 1.54) is 25.7 Å². The molecular weight excluding hydrogens is 258 g/mol. The molecule has 1 N–H and O–H groups in total. The average Bonchev–Trinajstić information content (AvgIpc) is 2.97. The Bertz CT molecular complexity index is 547. The first-order chi connectivity index (χ1) is 10.3. The third-order valence-electron chi connectivity index (χ3n) is 4.45. The van der Waals surface area contributed by atoms with Crippen LogP contribution >= 0.6 is 0 Å². The van der Waals surface area contributed by atoms with Crippen LogP contribution in [0.15, 0.2) is 42.6 Å². The second-order valence-corrected chi connectivity index (χ2v) is 6.36. The van der Waals surface area contributed by atoms with E-state index >= 15 is 0 Å². The maximum atomic E-state index is 4.63. The molecule has 0 saturated heterocycles. The van der Waals surface area contributed by atoms with Gasteiger partial charge < -0.3 is 5.32 Å². The van der Waals surface area contributed by atoms with Crippen LogP contribution in [0.2, 0.25) is 0 Å². The van der Waals surface area contributed by atoms with Crippen molar-refractivity contribution in [1.82, 2.24) is 15.1 Å². The van der Waals surface area contributed by atoms with Crippen molar-refractivity contribution in [2.24, 2.45) is 11.8 Å². The first-order valence-corrected chi connectivity index (χ1v) is 8.12. The maximum Gasteiger partial charge on any atom is 0.0766 e. The fourth-order valence-corrected chi connectivity index (χ4v) is 3.33. The monoisotopic (exact) mass is 283 g/mol. The summed E-state index contributed by atoms with van der Waals surface area (Å²) in [4.78, 5) is 0. The van der Waals surface area contributed by atoms with Gasteiger partial charge in [0.25, 0.3) is 0 Å². The number of nitrogens with one attached hydrogen (secondary N) is 1. The molecule has 0 bridgehead atoms. The van der Waals surface area contributed by atoms with Crippen molar-refractivity contribution in [2.45, 2.75) is 39.2 Å². The van der Waals surface area contributed by atoms with E-state index in [1.807, 2.05) is 29.1 Å². The molecule has 0 amide bonds. The van der Waals surface area contributed by atoms with E-state index in [2.05, 4.69) is 35.5 Å². The van der Waals surface area contributed by atoms with Crippen LogP contribution < -0.4 is 5.32 Å². The summed E-state index contributed by atoms with van der Waals surface area (Å²) in [5.41, 5.74) is 2.23. The van der Waals surface area contributed by atoms with Gasteiger partial charge in [0.1, 0.15) is 0 Å². The molecule has 3 heteroatoms. The molecule has 0 radical (unpaired) electrons. The van der Waals surface area contributed by atoms with Crippen LogP contribution in [0.25, 0.3) is 5.69 Å². The number of nitrogens with zero attached hydrogens (tertiary/aromatic N) is 2. The van der Waals surface area contributed by atoms with Crippen molar-refractivity contribution in [1.29, 1.82) is 0 Å². The number of rotatable bonds is 5. The quantitative estimate of drug-likeness (QED) is 0.905. The molecule has 2 aromatic rings. The first kappa shape index (κ1) is 14.3. The van der Waals surface area contributed by atoms with Crippen molar-refractivity contribution in [3.8, 4) is 5.69 Å². The molecule has 2 atom stereocenters. The Kier molecular flexibility index (Phi) is 4.71. The van der Waals surface area contributed by atoms with Gasteiger partial charge in [-0.3, -0.25) is 0 Å². The standard InChI is InChI=1S/C18H25N3/c1-15-6-5-7-16(12-15)13-19-14-17-10-11-21(20-17)18-8-3-2-4-9-18/h2-4,8-11,15-16,19H,5-7,12-14H2,1H3. The highest BCUT2D eigenvalue weighted by molar-refractivity contribution is 5.30. The molecule has 3 rings (SSSR count). The molecule has 112 valence electrons. The first-order valence-electron chi connectivity index (χ1n) is 8.12. The Morgan fingerprint density at radius 3 is 2.86 bits per heavy atom. The molecule has 3 nitrogen and oxygen atoms in total. The van der Waals surface area contributed by atoms with Gasteiger partial charge in [0.2, 0.25) is 0 Å². The van der Waals surface area contributed by atoms with E-state index in [-0.39, 0.29) is 0 Å². The lowest BCUT2D eigenvalue weighted by atomic mass is 9.82. The Hall–Kier alpha value is -1.61. The zero-order valence-corrected chi connectivity index (χ0v) is 12.8. The largest absolute Gasteiger partial charge is 0.311 e. The van der Waals surface area contributed by atoms with Gasteiger partial charge in [-0.15, -0.1) is 0 Å². The van der Waals surface area contributed by atoms with Crippen molar-refractivity contribution in [3.63, 3.8) is 0 Å². The highest BCUT2D eigenvalue weighted by Gasteiger charge is 2.18. The van der Waals surface area contributed by atoms with Gasteiger partial charge in [0, 0.05) is 12.7 Å². The number of hydrogen-bond acceptors (Lipinski definition) is 2. The van der Waals surface area contributed by atoms with Gasteiger partial charge in [-0.2, -0.15) is 5.10 Å². The highest BCUT2D eigenvalue weighted by atomic mass is 15.3. The summed E-state index contributed by atoms with van der Waals surface area (Å²) in [5, 5.41) is 8.21. The van der Waals surface area contributed by atoms with Crippen LogP contribution in [0.5, 0.6) is 0 Å². The molecule has 1 aromatic heterocycles. The zero-order valence-electron chi connectivity index (χ0n) is 12.8. The topological polar surface area (TPSA) is 29.9 Å². The summed E-state index contributed by atoms with van der Waals surface area (Å²) in [6, 6.07) is 12.4. The Balaban J connectivity index is 1.49. The molecule has 2 unspecified atom stereocenters. The van der Waals surface area contributed by atoms with E-state index in [0.717, 1.165) is 36.3 Å². The van der Waals surface area contributed by atoms with Crippen LogP contribution in [0.3, 0.4) is 0 Å². The number of para-hydroxylation sites is 1. The van der Waals surface area contributed by atoms with Crippen LogP contribution in [0.4, 0.5) is 0 Å². The summed E-state index contributed by atoms with van der Waals surface area (Å²) < 4.78 is 1.94. The summed E-state index contributed by atoms with van der Waals surface area (Å²) in [5.74, 6) is 1.76. The summed E-state index contributed by atoms with van der Waals surface area (Å²) >= 11 is 0. The van der Waals surface area contributed by atoms with E-state index in [1.54, 1.807) is 0 Å². The Labute approximate surface area is 127 Å². The van der Waals surface area contributed by atoms with E-state index < -0.39 is 0 Å². The Morgan fingerprint density at radius 2 is 2.05 bits per heavy atom. The lowest BCUT2D eigenvalue weighted by Crippen LogP contribution is -2.26. The molecule has 1 aromatic carbocycles. The molecule has 21 heavy (non-hydrogen) atoms. The van der Waals surface area contributed by atoms with Gasteiger partial charge in [0.05, 0.1) is 11.4 Å². The van der Waals surface area contributed by atoms with Crippen molar-refractivity contribution in [3.05, 3.63) is 48.3 Å². The van der Waals surface area contributed by atoms with E-state index in [0.29, 0.717) is 0 Å². The van der Waals surface area contributed by atoms with Crippen LogP contribution in [-0.2, 0) is 6.54 Å². The van der Waals surface area contributed by atoms with Gasteiger partial charge >= 0.3 is 0 Å². The number of aromatic nitrogens is 2. The molecule has 1 aliphatic rings. The lowest BCUT2D eigenvalue weighted by Gasteiger charge is -2.26. The summed E-state index contributed by atoms with van der Waals surface area (Å²) in [6.07, 6.45) is 7.62. The predicted octanol–water partition coefficient (Wildman–Crippen LogP) is 3.79. The van der Waals surface area contributed by atoms with Crippen molar-refractivity contribution in [2.75, 3.05) is 6.54 Å². The maximum absolute atomic E-state index is 4.63. The van der Waals surface area contributed by atoms with Gasteiger partial charge in [-0.05, 0) is 49.4 Å². The lowest BCUT2D eigenvalue weighted by molar-refractivity contribution is 0.274. The van der Waals surface area contributed by atoms with Crippen LogP contribution in [0.1, 0.15) is 38.3 Å². The molecule has 1 heterocycles. The molecule has 1 fully saturated rings. The summed E-state index contributed by atoms with van der Waals surface area (Å²) in [7, 11) is 0. The van der Waals surface area contributed by atoms with E-state index in [9.17, 15) is 0 Å². The Morgan fingerprint density at radius 1 is 1.19 bits per heavy atom. The molecule has 1 aliphatic carbocycles. The normalized spacial score (nSPS) is 22.3. The smallest absolute Gasteiger partial charge is 0.0766 e. The van der Waals surface area contributed by atoms with Crippen molar-refractivity contribution >= 4 is 0 Å². The third kappa shape index (κ3) is 3.94. The van der Waals surface area contributed by atoms with Gasteiger partial charge in [0.15, 0.2) is 0 Å². The molecule has 0 aliphatic heterocycles. The molecular formula is C18H25N3. The van der Waals surface area contributed by atoms with Gasteiger partial charge in [-0.25, -0.2) is 4.68 Å². The number of benzene rings is 1. The highest BCUT2D eigenvalue weighted by Crippen LogP contribution is 2.27. The van der Waals surface area contributed by atoms with Crippen LogP contribution in [-0.4, -0.2) is 16.3 Å². The predicted molar refractivity (Wildman–Crippen MR) is 86.4 cm³/mol. The second-order valence-electron chi connectivity index (χ2n) is 6.36. The second kappa shape index (κ2) is 6.90. The average molecular weight is 283 g/mol. The minimum atomic E-state index is 0.852. The van der Waals surface area contributed by atoms with Crippen LogP contribution in [0, 0.1) is 11.8 Å². The minimum absolute atomic E-state index is 0.852.